The minimum atomic E-state index is -1.40. The van der Waals surface area contributed by atoms with Crippen molar-refractivity contribution >= 4 is 23.1 Å². The molecule has 0 N–H and O–H groups in total. The van der Waals surface area contributed by atoms with Crippen molar-refractivity contribution in [3.63, 3.8) is 0 Å². The Labute approximate surface area is 307 Å². The summed E-state index contributed by atoms with van der Waals surface area (Å²) in [7, 11) is 1.38. The number of fused-ring (bicyclic) bond motifs is 1. The molecular formula is C37H40FN5O11. The molecule has 1 atom stereocenters. The number of methoxy groups -OCH3 is 1. The lowest BCUT2D eigenvalue weighted by molar-refractivity contribution is -0.151. The largest absolute Gasteiger partial charge is 0.519 e. The highest BCUT2D eigenvalue weighted by Gasteiger charge is 2.34. The molecule has 4 heterocycles. The fourth-order valence-electron chi connectivity index (χ4n) is 6.24. The zero-order valence-corrected chi connectivity index (χ0v) is 31.2. The first-order valence-electron chi connectivity index (χ1n) is 16.7. The van der Waals surface area contributed by atoms with Crippen molar-refractivity contribution in [3.05, 3.63) is 91.0 Å². The molecule has 0 fully saturated rings. The summed E-state index contributed by atoms with van der Waals surface area (Å²) >= 11 is 0. The van der Waals surface area contributed by atoms with Gasteiger partial charge in [0, 0.05) is 38.0 Å². The summed E-state index contributed by atoms with van der Waals surface area (Å²) in [4.78, 5) is 61.5. The van der Waals surface area contributed by atoms with E-state index in [0.29, 0.717) is 11.3 Å². The van der Waals surface area contributed by atoms with Gasteiger partial charge in [0.25, 0.3) is 6.08 Å². The number of benzene rings is 1. The van der Waals surface area contributed by atoms with Gasteiger partial charge < -0.3 is 36.4 Å². The zero-order chi connectivity index (χ0) is 39.5. The summed E-state index contributed by atoms with van der Waals surface area (Å²) in [5.41, 5.74) is 0.474. The number of carbonyl (C=O) groups is 2. The van der Waals surface area contributed by atoms with Crippen LogP contribution in [0.2, 0.25) is 0 Å². The number of carbonyl (C=O) groups excluding carboxylic acids is 2. The maximum Gasteiger partial charge on any atom is 0.519 e. The molecule has 0 aliphatic carbocycles. The van der Waals surface area contributed by atoms with Gasteiger partial charge in [0.15, 0.2) is 33.8 Å². The summed E-state index contributed by atoms with van der Waals surface area (Å²) in [6.07, 6.45) is 6.34. The van der Waals surface area contributed by atoms with Crippen molar-refractivity contribution in [1.82, 2.24) is 19.1 Å². The van der Waals surface area contributed by atoms with Gasteiger partial charge in [-0.25, -0.2) is 14.6 Å². The molecule has 0 saturated carbocycles. The average Bonchev–Trinajstić information content (AvgIpc) is 3.74. The molecular weight excluding hydrogens is 709 g/mol. The molecule has 1 unspecified atom stereocenters. The second-order valence-corrected chi connectivity index (χ2v) is 13.4. The third-order valence-electron chi connectivity index (χ3n) is 8.88. The number of esters is 2. The summed E-state index contributed by atoms with van der Waals surface area (Å²) < 4.78 is 55.3. The molecule has 54 heavy (non-hydrogen) atoms. The number of aromatic nitrogens is 4. The third kappa shape index (κ3) is 8.44. The summed E-state index contributed by atoms with van der Waals surface area (Å²) in [6.45, 7) is 11.0. The number of aryl methyl sites for hydroxylation is 5. The maximum atomic E-state index is 15.8. The molecule has 0 bridgehead atoms. The topological polar surface area (TPSA) is 197 Å². The van der Waals surface area contributed by atoms with Gasteiger partial charge in [0.2, 0.25) is 0 Å². The average molecular weight is 750 g/mol. The number of hydrogen-bond donors (Lipinski definition) is 0. The molecule has 0 radical (unpaired) electrons. The van der Waals surface area contributed by atoms with Crippen LogP contribution in [0, 0.1) is 46.1 Å². The summed E-state index contributed by atoms with van der Waals surface area (Å²) in [6, 6.07) is 3.70. The van der Waals surface area contributed by atoms with Crippen LogP contribution in [0.1, 0.15) is 73.3 Å². The summed E-state index contributed by atoms with van der Waals surface area (Å²) in [5.74, 6) is 0.491. The van der Waals surface area contributed by atoms with E-state index in [4.69, 9.17) is 38.3 Å². The van der Waals surface area contributed by atoms with Gasteiger partial charge in [-0.1, -0.05) is 25.8 Å². The first kappa shape index (κ1) is 39.2. The number of hydrogen-bond acceptors (Lipinski definition) is 14. The van der Waals surface area contributed by atoms with Gasteiger partial charge in [-0.3, -0.25) is 19.1 Å². The fourth-order valence-corrected chi connectivity index (χ4v) is 6.24. The van der Waals surface area contributed by atoms with E-state index < -0.39 is 40.7 Å². The number of rotatable bonds is 14. The van der Waals surface area contributed by atoms with Crippen LogP contribution < -0.4 is 21.9 Å². The van der Waals surface area contributed by atoms with Crippen LogP contribution >= 0.6 is 0 Å². The van der Waals surface area contributed by atoms with Gasteiger partial charge in [-0.05, 0) is 44.9 Å². The number of halogens is 1. The first-order chi connectivity index (χ1) is 25.5. The predicted octanol–water partition coefficient (Wildman–Crippen LogP) is 4.09. The van der Waals surface area contributed by atoms with E-state index >= 15 is 4.39 Å². The number of ether oxygens (including phenoxy) is 3. The number of terminal acetylenes is 1. The molecule has 5 rings (SSSR count). The van der Waals surface area contributed by atoms with E-state index in [1.54, 1.807) is 6.07 Å². The SMILES string of the molecule is C#CC(CCn1cnc2c(=NCc3oc(=O)oc3C)n(Cc3oc(=O)oc3C)c(F)nc21)(COC(=O)CC(C)(C)c1c(C)cc(C)cc1OC(C)=O)OC. The molecule has 0 aliphatic rings. The van der Waals surface area contributed by atoms with Crippen molar-refractivity contribution in [3.8, 4) is 18.1 Å². The molecule has 0 amide bonds. The van der Waals surface area contributed by atoms with Crippen LogP contribution in [-0.4, -0.2) is 50.4 Å². The van der Waals surface area contributed by atoms with Crippen LogP contribution in [0.15, 0.2) is 50.7 Å². The lowest BCUT2D eigenvalue weighted by Gasteiger charge is -2.30. The Morgan fingerprint density at radius 3 is 2.30 bits per heavy atom. The third-order valence-corrected chi connectivity index (χ3v) is 8.88. The van der Waals surface area contributed by atoms with E-state index in [9.17, 15) is 19.2 Å². The lowest BCUT2D eigenvalue weighted by Crippen LogP contribution is -2.38. The van der Waals surface area contributed by atoms with Gasteiger partial charge >= 0.3 is 23.6 Å². The number of imidazole rings is 1. The van der Waals surface area contributed by atoms with Crippen LogP contribution in [-0.2, 0) is 44.1 Å². The van der Waals surface area contributed by atoms with Crippen LogP contribution in [0.4, 0.5) is 4.39 Å². The molecule has 286 valence electrons. The fraction of sp³-hybridized carbons (Fsp3) is 0.432. The summed E-state index contributed by atoms with van der Waals surface area (Å²) in [5, 5.41) is 0. The van der Waals surface area contributed by atoms with E-state index in [-0.39, 0.29) is 78.8 Å². The molecule has 1 aromatic carbocycles. The van der Waals surface area contributed by atoms with Crippen LogP contribution in [0.25, 0.3) is 11.2 Å². The van der Waals surface area contributed by atoms with Gasteiger partial charge in [0.1, 0.15) is 30.4 Å². The molecule has 17 heteroatoms. The monoisotopic (exact) mass is 749 g/mol. The Bertz CT molecular complexity index is 2450. The molecule has 0 aliphatic heterocycles. The predicted molar refractivity (Wildman–Crippen MR) is 187 cm³/mol. The molecule has 16 nitrogen and oxygen atoms in total. The second kappa shape index (κ2) is 15.5. The maximum absolute atomic E-state index is 15.8. The van der Waals surface area contributed by atoms with Crippen molar-refractivity contribution < 1.29 is 45.9 Å². The Morgan fingerprint density at radius 1 is 1.04 bits per heavy atom. The van der Waals surface area contributed by atoms with Crippen LogP contribution in [0.3, 0.4) is 0 Å². The van der Waals surface area contributed by atoms with E-state index in [2.05, 4.69) is 20.9 Å². The normalized spacial score (nSPS) is 13.2. The second-order valence-electron chi connectivity index (χ2n) is 13.4. The highest BCUT2D eigenvalue weighted by molar-refractivity contribution is 5.74. The lowest BCUT2D eigenvalue weighted by atomic mass is 9.78. The molecule has 5 aromatic rings. The quantitative estimate of drug-likeness (QED) is 0.0682. The van der Waals surface area contributed by atoms with Crippen molar-refractivity contribution in [2.24, 2.45) is 4.99 Å². The van der Waals surface area contributed by atoms with Gasteiger partial charge in [0.05, 0.1) is 19.3 Å². The van der Waals surface area contributed by atoms with Gasteiger partial charge in [-0.2, -0.15) is 9.37 Å². The number of nitrogens with zero attached hydrogens (tertiary/aromatic N) is 5. The minimum Gasteiger partial charge on any atom is -0.461 e. The van der Waals surface area contributed by atoms with E-state index in [1.807, 2.05) is 33.8 Å². The van der Waals surface area contributed by atoms with E-state index in [0.717, 1.165) is 15.7 Å². The van der Waals surface area contributed by atoms with Crippen molar-refractivity contribution in [2.45, 2.75) is 92.0 Å². The highest BCUT2D eigenvalue weighted by Crippen LogP contribution is 2.38. The van der Waals surface area contributed by atoms with Gasteiger partial charge in [-0.15, -0.1) is 6.42 Å². The Kier molecular flexibility index (Phi) is 11.3. The zero-order valence-electron chi connectivity index (χ0n) is 31.2. The van der Waals surface area contributed by atoms with Crippen molar-refractivity contribution in [1.29, 1.82) is 0 Å². The molecule has 4 aromatic heterocycles. The Morgan fingerprint density at radius 2 is 1.70 bits per heavy atom. The smallest absolute Gasteiger partial charge is 0.461 e. The van der Waals surface area contributed by atoms with Crippen LogP contribution in [0.5, 0.6) is 5.75 Å². The standard InChI is InChI=1S/C37H40FN5O11/c1-10-37(48-9,18-49-28(45)15-36(7,8)29-21(3)13-20(2)14-25(29)52-24(6)44)11-12-42-19-40-30-31(39-16-26-22(4)50-34(46)53-26)43(33(38)41-32(30)42)17-27-23(5)51-35(47)54-27/h1,13-14,19H,11-12,15-18H2,2-9H3. The van der Waals surface area contributed by atoms with E-state index in [1.165, 1.54) is 38.8 Å². The van der Waals surface area contributed by atoms with Crippen molar-refractivity contribution in [2.75, 3.05) is 13.7 Å². The minimum absolute atomic E-state index is 0.0186. The Balaban J connectivity index is 1.39. The highest BCUT2D eigenvalue weighted by atomic mass is 19.1. The molecule has 0 saturated heterocycles. The molecule has 0 spiro atoms. The first-order valence-corrected chi connectivity index (χ1v) is 16.7. The Hall–Kier alpha value is -6.02.